The molecule has 90 valence electrons. The van der Waals surface area contributed by atoms with E-state index in [1.165, 1.54) is 6.07 Å². The number of aromatic amines is 1. The number of halogens is 2. The van der Waals surface area contributed by atoms with Crippen LogP contribution in [-0.4, -0.2) is 4.98 Å². The van der Waals surface area contributed by atoms with Crippen molar-refractivity contribution in [3.63, 3.8) is 0 Å². The van der Waals surface area contributed by atoms with E-state index in [9.17, 15) is 8.78 Å². The Morgan fingerprint density at radius 3 is 1.94 bits per heavy atom. The van der Waals surface area contributed by atoms with Crippen LogP contribution in [0.3, 0.4) is 0 Å². The maximum absolute atomic E-state index is 12.7. The van der Waals surface area contributed by atoms with Crippen molar-refractivity contribution in [1.29, 1.82) is 0 Å². The summed E-state index contributed by atoms with van der Waals surface area (Å²) in [6, 6.07) is 4.13. The van der Waals surface area contributed by atoms with Gasteiger partial charge in [0.05, 0.1) is 0 Å². The lowest BCUT2D eigenvalue weighted by atomic mass is 10.2. The van der Waals surface area contributed by atoms with Crippen molar-refractivity contribution in [3.8, 4) is 0 Å². The van der Waals surface area contributed by atoms with Gasteiger partial charge in [-0.15, -0.1) is 0 Å². The van der Waals surface area contributed by atoms with Gasteiger partial charge in [0.1, 0.15) is 0 Å². The summed E-state index contributed by atoms with van der Waals surface area (Å²) in [7, 11) is 0. The van der Waals surface area contributed by atoms with Crippen LogP contribution in [0.1, 0.15) is 33.4 Å². The first-order valence-corrected chi connectivity index (χ1v) is 5.61. The molecular formula is C13H19F2N. The molecule has 0 radical (unpaired) electrons. The number of benzene rings is 1. The van der Waals surface area contributed by atoms with Crippen LogP contribution in [0.15, 0.2) is 18.2 Å². The third-order valence-corrected chi connectivity index (χ3v) is 1.80. The minimum Gasteiger partial charge on any atom is -0.359 e. The van der Waals surface area contributed by atoms with E-state index < -0.39 is 11.6 Å². The molecule has 1 N–H and O–H groups in total. The molecule has 0 amide bonds. The monoisotopic (exact) mass is 227 g/mol. The maximum Gasteiger partial charge on any atom is 0.160 e. The lowest BCUT2D eigenvalue weighted by Gasteiger charge is -1.91. The average Bonchev–Trinajstić information content (AvgIpc) is 2.64. The highest BCUT2D eigenvalue weighted by Crippen LogP contribution is 2.18. The summed E-state index contributed by atoms with van der Waals surface area (Å²) in [5, 5.41) is 0.700. The van der Waals surface area contributed by atoms with E-state index in [1.807, 2.05) is 34.6 Å². The van der Waals surface area contributed by atoms with E-state index >= 15 is 0 Å². The zero-order valence-corrected chi connectivity index (χ0v) is 10.5. The zero-order chi connectivity index (χ0) is 12.7. The van der Waals surface area contributed by atoms with Crippen molar-refractivity contribution in [3.05, 3.63) is 35.5 Å². The Hall–Kier alpha value is -1.38. The van der Waals surface area contributed by atoms with Gasteiger partial charge in [-0.25, -0.2) is 8.78 Å². The number of hydrogen-bond donors (Lipinski definition) is 1. The van der Waals surface area contributed by atoms with Crippen molar-refractivity contribution in [2.24, 2.45) is 0 Å². The van der Waals surface area contributed by atoms with Crippen molar-refractivity contribution in [1.82, 2.24) is 4.98 Å². The minimum absolute atomic E-state index is 0.631. The van der Waals surface area contributed by atoms with E-state index in [4.69, 9.17) is 0 Å². The molecule has 0 saturated heterocycles. The fraction of sp³-hybridized carbons (Fsp3) is 0.385. The molecular weight excluding hydrogens is 208 g/mol. The van der Waals surface area contributed by atoms with Crippen LogP contribution in [0.5, 0.6) is 0 Å². The van der Waals surface area contributed by atoms with Crippen LogP contribution < -0.4 is 0 Å². The molecule has 0 aliphatic heterocycles. The Kier molecular flexibility index (Phi) is 6.38. The van der Waals surface area contributed by atoms with E-state index in [0.29, 0.717) is 10.9 Å². The fourth-order valence-corrected chi connectivity index (χ4v) is 1.27. The number of hydrogen-bond acceptors (Lipinski definition) is 0. The fourth-order valence-electron chi connectivity index (χ4n) is 1.27. The molecule has 0 atom stereocenters. The summed E-state index contributed by atoms with van der Waals surface area (Å²) in [4.78, 5) is 2.92. The molecule has 0 unspecified atom stereocenters. The van der Waals surface area contributed by atoms with Crippen molar-refractivity contribution in [2.45, 2.75) is 34.6 Å². The summed E-state index contributed by atoms with van der Waals surface area (Å²) in [5.41, 5.74) is 1.53. The number of fused-ring (bicyclic) bond motifs is 1. The van der Waals surface area contributed by atoms with Gasteiger partial charge < -0.3 is 4.98 Å². The highest BCUT2D eigenvalue weighted by molar-refractivity contribution is 5.80. The predicted molar refractivity (Wildman–Crippen MR) is 65.6 cm³/mol. The molecule has 0 saturated carbocycles. The van der Waals surface area contributed by atoms with E-state index in [1.54, 1.807) is 6.07 Å². The maximum atomic E-state index is 12.7. The normalized spacial score (nSPS) is 8.94. The predicted octanol–water partition coefficient (Wildman–Crippen LogP) is 4.81. The number of rotatable bonds is 0. The van der Waals surface area contributed by atoms with Gasteiger partial charge in [-0.05, 0) is 19.1 Å². The molecule has 3 heteroatoms. The van der Waals surface area contributed by atoms with Crippen LogP contribution >= 0.6 is 0 Å². The molecule has 2 aromatic rings. The van der Waals surface area contributed by atoms with Gasteiger partial charge in [-0.1, -0.05) is 27.7 Å². The third kappa shape index (κ3) is 3.33. The zero-order valence-electron chi connectivity index (χ0n) is 10.5. The summed E-state index contributed by atoms with van der Waals surface area (Å²) < 4.78 is 25.3. The second-order valence-corrected chi connectivity index (χ2v) is 2.81. The number of H-pyrrole nitrogens is 1. The first kappa shape index (κ1) is 14.6. The second kappa shape index (κ2) is 6.99. The van der Waals surface area contributed by atoms with Gasteiger partial charge in [0.25, 0.3) is 0 Å². The number of nitrogens with one attached hydrogen (secondary N) is 1. The van der Waals surface area contributed by atoms with Gasteiger partial charge in [0.2, 0.25) is 0 Å². The molecule has 2 rings (SSSR count). The van der Waals surface area contributed by atoms with Crippen molar-refractivity contribution in [2.75, 3.05) is 0 Å². The van der Waals surface area contributed by atoms with Gasteiger partial charge >= 0.3 is 0 Å². The quantitative estimate of drug-likeness (QED) is 0.665. The summed E-state index contributed by atoms with van der Waals surface area (Å²) in [5.74, 6) is -1.62. The Labute approximate surface area is 95.5 Å². The Morgan fingerprint density at radius 2 is 1.38 bits per heavy atom. The molecule has 1 heterocycles. The standard InChI is InChI=1S/C9H7F2N.2C2H6/c1-5-2-6-3-7(10)8(11)4-9(6)12-5;2*1-2/h2-4,12H,1H3;2*1-2H3. The van der Waals surface area contributed by atoms with Crippen LogP contribution in [0.25, 0.3) is 10.9 Å². The van der Waals surface area contributed by atoms with Gasteiger partial charge in [0.15, 0.2) is 11.6 Å². The highest BCUT2D eigenvalue weighted by atomic mass is 19.2. The minimum atomic E-state index is -0.815. The summed E-state index contributed by atoms with van der Waals surface area (Å²) >= 11 is 0. The average molecular weight is 227 g/mol. The van der Waals surface area contributed by atoms with E-state index in [-0.39, 0.29) is 0 Å². The molecule has 0 aliphatic carbocycles. The summed E-state index contributed by atoms with van der Waals surface area (Å²) in [6.07, 6.45) is 0. The molecule has 0 bridgehead atoms. The van der Waals surface area contributed by atoms with Gasteiger partial charge in [-0.3, -0.25) is 0 Å². The first-order valence-electron chi connectivity index (χ1n) is 5.61. The Morgan fingerprint density at radius 1 is 0.875 bits per heavy atom. The lowest BCUT2D eigenvalue weighted by molar-refractivity contribution is 0.511. The number of aromatic nitrogens is 1. The molecule has 1 aromatic heterocycles. The largest absolute Gasteiger partial charge is 0.359 e. The van der Waals surface area contributed by atoms with Crippen molar-refractivity contribution < 1.29 is 8.78 Å². The molecule has 0 spiro atoms. The van der Waals surface area contributed by atoms with Crippen LogP contribution in [0.2, 0.25) is 0 Å². The van der Waals surface area contributed by atoms with Crippen molar-refractivity contribution >= 4 is 10.9 Å². The number of aryl methyl sites for hydroxylation is 1. The Balaban J connectivity index is 0.000000509. The van der Waals surface area contributed by atoms with Crippen LogP contribution in [0, 0.1) is 18.6 Å². The lowest BCUT2D eigenvalue weighted by Crippen LogP contribution is -1.81. The molecule has 0 fully saturated rings. The van der Waals surface area contributed by atoms with E-state index in [0.717, 1.165) is 11.8 Å². The van der Waals surface area contributed by atoms with Crippen LogP contribution in [0.4, 0.5) is 8.78 Å². The molecule has 16 heavy (non-hydrogen) atoms. The van der Waals surface area contributed by atoms with E-state index in [2.05, 4.69) is 4.98 Å². The second-order valence-electron chi connectivity index (χ2n) is 2.81. The van der Waals surface area contributed by atoms with Gasteiger partial charge in [0, 0.05) is 22.7 Å². The topological polar surface area (TPSA) is 15.8 Å². The molecule has 1 aromatic carbocycles. The molecule has 0 aliphatic rings. The summed E-state index contributed by atoms with van der Waals surface area (Å²) in [6.45, 7) is 9.84. The smallest absolute Gasteiger partial charge is 0.160 e. The van der Waals surface area contributed by atoms with Crippen LogP contribution in [-0.2, 0) is 0 Å². The molecule has 1 nitrogen and oxygen atoms in total. The van der Waals surface area contributed by atoms with Gasteiger partial charge in [-0.2, -0.15) is 0 Å². The highest BCUT2D eigenvalue weighted by Gasteiger charge is 2.04. The third-order valence-electron chi connectivity index (χ3n) is 1.80. The SMILES string of the molecule is CC.CC.Cc1cc2cc(F)c(F)cc2[nH]1. The Bertz CT molecular complexity index is 394. The first-order chi connectivity index (χ1) is 7.66.